The Labute approximate surface area is 96.2 Å². The quantitative estimate of drug-likeness (QED) is 0.599. The van der Waals surface area contributed by atoms with Crippen LogP contribution in [0.4, 0.5) is 0 Å². The number of nitrogens with one attached hydrogen (secondary N) is 1. The first kappa shape index (κ1) is 11.4. The van der Waals surface area contributed by atoms with Crippen molar-refractivity contribution in [2.24, 2.45) is 17.2 Å². The van der Waals surface area contributed by atoms with Crippen LogP contribution < -0.4 is 16.0 Å². The summed E-state index contributed by atoms with van der Waals surface area (Å²) in [5.74, 6) is 6.97. The van der Waals surface area contributed by atoms with E-state index < -0.39 is 0 Å². The zero-order valence-corrected chi connectivity index (χ0v) is 10.0. The maximum absolute atomic E-state index is 5.64. The van der Waals surface area contributed by atoms with Gasteiger partial charge in [0.15, 0.2) is 0 Å². The first-order valence-electron chi connectivity index (χ1n) is 5.55. The fraction of sp³-hybridized carbons (Fsp3) is 0.583. The Morgan fingerprint density at radius 3 is 2.81 bits per heavy atom. The fourth-order valence-electron chi connectivity index (χ4n) is 2.27. The first-order valence-corrected chi connectivity index (χ1v) is 5.55. The number of methoxy groups -OCH3 is 1. The second-order valence-electron chi connectivity index (χ2n) is 5.03. The molecule has 2 unspecified atom stereocenters. The van der Waals surface area contributed by atoms with E-state index in [9.17, 15) is 0 Å². The number of hydrogen-bond acceptors (Lipinski definition) is 4. The largest absolute Gasteiger partial charge is 0.495 e. The summed E-state index contributed by atoms with van der Waals surface area (Å²) in [6, 6.07) is 3.86. The second kappa shape index (κ2) is 4.03. The van der Waals surface area contributed by atoms with Crippen molar-refractivity contribution in [3.05, 3.63) is 24.0 Å². The van der Waals surface area contributed by atoms with Crippen molar-refractivity contribution in [2.75, 3.05) is 7.11 Å². The summed E-state index contributed by atoms with van der Waals surface area (Å²) in [5, 5.41) is 0. The summed E-state index contributed by atoms with van der Waals surface area (Å²) >= 11 is 0. The molecule has 1 aromatic heterocycles. The third-order valence-electron chi connectivity index (χ3n) is 3.49. The van der Waals surface area contributed by atoms with Crippen LogP contribution in [0.15, 0.2) is 18.3 Å². The molecule has 0 radical (unpaired) electrons. The van der Waals surface area contributed by atoms with Gasteiger partial charge in [0.05, 0.1) is 13.2 Å². The Kier molecular flexibility index (Phi) is 2.86. The molecule has 88 valence electrons. The van der Waals surface area contributed by atoms with Gasteiger partial charge in [0, 0.05) is 6.20 Å². The zero-order valence-electron chi connectivity index (χ0n) is 10.0. The van der Waals surface area contributed by atoms with Gasteiger partial charge >= 0.3 is 0 Å². The lowest BCUT2D eigenvalue weighted by Gasteiger charge is -2.19. The Hall–Kier alpha value is -1.13. The molecule has 1 aromatic rings. The Morgan fingerprint density at radius 1 is 1.62 bits per heavy atom. The predicted molar refractivity (Wildman–Crippen MR) is 62.7 cm³/mol. The lowest BCUT2D eigenvalue weighted by Crippen LogP contribution is -2.31. The maximum Gasteiger partial charge on any atom is 0.142 e. The fourth-order valence-corrected chi connectivity index (χ4v) is 2.27. The van der Waals surface area contributed by atoms with Crippen molar-refractivity contribution in [1.29, 1.82) is 0 Å². The van der Waals surface area contributed by atoms with Gasteiger partial charge in [-0.25, -0.2) is 0 Å². The molecular formula is C12H19N3O. The van der Waals surface area contributed by atoms with Crippen LogP contribution in [0, 0.1) is 11.3 Å². The van der Waals surface area contributed by atoms with Crippen molar-refractivity contribution >= 4 is 0 Å². The molecule has 2 rings (SSSR count). The number of hydrazine groups is 1. The minimum absolute atomic E-state index is 0.0751. The standard InChI is InChI=1S/C12H19N3O/c1-12(2)7-8(12)10(15-13)11-9(16-3)5-4-6-14-11/h4-6,8,10,15H,7,13H2,1-3H3. The molecular weight excluding hydrogens is 202 g/mol. The van der Waals surface area contributed by atoms with Crippen molar-refractivity contribution in [2.45, 2.75) is 26.3 Å². The van der Waals surface area contributed by atoms with Crippen molar-refractivity contribution in [3.63, 3.8) is 0 Å². The second-order valence-corrected chi connectivity index (χ2v) is 5.03. The Balaban J connectivity index is 2.27. The molecule has 4 nitrogen and oxygen atoms in total. The number of hydrogen-bond donors (Lipinski definition) is 2. The highest BCUT2D eigenvalue weighted by atomic mass is 16.5. The van der Waals surface area contributed by atoms with Crippen LogP contribution in [-0.2, 0) is 0 Å². The molecule has 1 saturated carbocycles. The van der Waals surface area contributed by atoms with Crippen LogP contribution in [0.5, 0.6) is 5.75 Å². The van der Waals surface area contributed by atoms with Crippen LogP contribution in [0.1, 0.15) is 32.0 Å². The summed E-state index contributed by atoms with van der Waals surface area (Å²) in [6.07, 6.45) is 2.94. The SMILES string of the molecule is COc1cccnc1C(NN)C1CC1(C)C. The molecule has 0 saturated heterocycles. The molecule has 1 fully saturated rings. The van der Waals surface area contributed by atoms with E-state index in [0.717, 1.165) is 11.4 Å². The van der Waals surface area contributed by atoms with Gasteiger partial charge in [-0.1, -0.05) is 13.8 Å². The minimum atomic E-state index is 0.0751. The lowest BCUT2D eigenvalue weighted by molar-refractivity contribution is 0.370. The summed E-state index contributed by atoms with van der Waals surface area (Å²) < 4.78 is 5.32. The van der Waals surface area contributed by atoms with Crippen LogP contribution in [0.3, 0.4) is 0 Å². The average Bonchev–Trinajstić information content (AvgIpc) is 2.89. The van der Waals surface area contributed by atoms with E-state index in [1.165, 1.54) is 6.42 Å². The summed E-state index contributed by atoms with van der Waals surface area (Å²) in [5.41, 5.74) is 4.12. The van der Waals surface area contributed by atoms with Gasteiger partial charge in [-0.05, 0) is 29.9 Å². The van der Waals surface area contributed by atoms with Gasteiger partial charge < -0.3 is 4.74 Å². The van der Waals surface area contributed by atoms with Crippen molar-refractivity contribution < 1.29 is 4.74 Å². The lowest BCUT2D eigenvalue weighted by atomic mass is 10.0. The topological polar surface area (TPSA) is 60.2 Å². The molecule has 1 heterocycles. The highest BCUT2D eigenvalue weighted by Gasteiger charge is 2.51. The third-order valence-corrected chi connectivity index (χ3v) is 3.49. The summed E-state index contributed by atoms with van der Waals surface area (Å²) in [6.45, 7) is 4.49. The minimum Gasteiger partial charge on any atom is -0.495 e. The Morgan fingerprint density at radius 2 is 2.31 bits per heavy atom. The summed E-state index contributed by atoms with van der Waals surface area (Å²) in [4.78, 5) is 4.38. The van der Waals surface area contributed by atoms with Crippen LogP contribution in [0.2, 0.25) is 0 Å². The smallest absolute Gasteiger partial charge is 0.142 e. The van der Waals surface area contributed by atoms with E-state index in [-0.39, 0.29) is 6.04 Å². The molecule has 0 aromatic carbocycles. The molecule has 3 N–H and O–H groups in total. The van der Waals surface area contributed by atoms with Gasteiger partial charge in [0.2, 0.25) is 0 Å². The average molecular weight is 221 g/mol. The maximum atomic E-state index is 5.64. The van der Waals surface area contributed by atoms with Crippen molar-refractivity contribution in [1.82, 2.24) is 10.4 Å². The molecule has 1 aliphatic rings. The van der Waals surface area contributed by atoms with Gasteiger partial charge in [-0.2, -0.15) is 0 Å². The normalized spacial score (nSPS) is 23.9. The van der Waals surface area contributed by atoms with E-state index >= 15 is 0 Å². The van der Waals surface area contributed by atoms with Gasteiger partial charge in [0.1, 0.15) is 11.4 Å². The molecule has 4 heteroatoms. The highest BCUT2D eigenvalue weighted by Crippen LogP contribution is 2.57. The first-order chi connectivity index (χ1) is 7.60. The van der Waals surface area contributed by atoms with Gasteiger partial charge in [-0.15, -0.1) is 0 Å². The number of ether oxygens (including phenoxy) is 1. The molecule has 0 amide bonds. The molecule has 1 aliphatic carbocycles. The van der Waals surface area contributed by atoms with Crippen LogP contribution in [-0.4, -0.2) is 12.1 Å². The zero-order chi connectivity index (χ0) is 11.8. The number of nitrogens with two attached hydrogens (primary N) is 1. The number of nitrogens with zero attached hydrogens (tertiary/aromatic N) is 1. The predicted octanol–water partition coefficient (Wildman–Crippen LogP) is 1.64. The van der Waals surface area contributed by atoms with E-state index in [2.05, 4.69) is 24.3 Å². The molecule has 2 atom stereocenters. The number of rotatable bonds is 4. The highest BCUT2D eigenvalue weighted by molar-refractivity contribution is 5.31. The number of pyridine rings is 1. The van der Waals surface area contributed by atoms with E-state index in [0.29, 0.717) is 11.3 Å². The van der Waals surface area contributed by atoms with E-state index in [4.69, 9.17) is 10.6 Å². The van der Waals surface area contributed by atoms with Crippen molar-refractivity contribution in [3.8, 4) is 5.75 Å². The van der Waals surface area contributed by atoms with E-state index in [1.54, 1.807) is 13.3 Å². The van der Waals surface area contributed by atoms with Crippen LogP contribution >= 0.6 is 0 Å². The van der Waals surface area contributed by atoms with E-state index in [1.807, 2.05) is 12.1 Å². The Bertz CT molecular complexity index is 378. The summed E-state index contributed by atoms with van der Waals surface area (Å²) in [7, 11) is 1.66. The third kappa shape index (κ3) is 1.90. The number of aromatic nitrogens is 1. The molecule has 16 heavy (non-hydrogen) atoms. The molecule has 0 bridgehead atoms. The molecule has 0 spiro atoms. The monoisotopic (exact) mass is 221 g/mol. The van der Waals surface area contributed by atoms with Gasteiger partial charge in [-0.3, -0.25) is 16.3 Å². The van der Waals surface area contributed by atoms with Gasteiger partial charge in [0.25, 0.3) is 0 Å². The van der Waals surface area contributed by atoms with Crippen LogP contribution in [0.25, 0.3) is 0 Å². The molecule has 0 aliphatic heterocycles.